The van der Waals surface area contributed by atoms with E-state index < -0.39 is 0 Å². The summed E-state index contributed by atoms with van der Waals surface area (Å²) in [4.78, 5) is 25.4. The summed E-state index contributed by atoms with van der Waals surface area (Å²) in [5, 5.41) is 0. The number of hydrogen-bond donors (Lipinski definition) is 0. The van der Waals surface area contributed by atoms with Gasteiger partial charge in [0.25, 0.3) is 0 Å². The van der Waals surface area contributed by atoms with Crippen molar-refractivity contribution in [1.29, 1.82) is 0 Å². The van der Waals surface area contributed by atoms with Crippen LogP contribution in [0.2, 0.25) is 0 Å². The topological polar surface area (TPSA) is 58.6 Å². The second-order valence-corrected chi connectivity index (χ2v) is 10.4. The number of nitrogens with zero attached hydrogens (tertiary/aromatic N) is 4. The van der Waals surface area contributed by atoms with Gasteiger partial charge >= 0.3 is 0 Å². The van der Waals surface area contributed by atoms with Crippen LogP contribution in [0.5, 0.6) is 5.88 Å². The number of aldehydes is 1. The summed E-state index contributed by atoms with van der Waals surface area (Å²) in [6.07, 6.45) is 8.01. The average Bonchev–Trinajstić information content (AvgIpc) is 3.20. The molecule has 7 heteroatoms. The highest BCUT2D eigenvalue weighted by Gasteiger charge is 2.39. The second kappa shape index (κ2) is 10.8. The SMILES string of the molecule is COc1cc(C[C@@]2(SC)CCN(C(C)c3cnc(CCN(C)C)c(C=O)c3)C2)cc(C)n1. The largest absolute Gasteiger partial charge is 0.481 e. The fourth-order valence-corrected chi connectivity index (χ4v) is 5.38. The van der Waals surface area contributed by atoms with Crippen molar-refractivity contribution in [2.75, 3.05) is 47.1 Å². The minimum absolute atomic E-state index is 0.152. The smallest absolute Gasteiger partial charge is 0.213 e. The van der Waals surface area contributed by atoms with Gasteiger partial charge in [0.2, 0.25) is 5.88 Å². The van der Waals surface area contributed by atoms with E-state index in [1.54, 1.807) is 7.11 Å². The first-order valence-electron chi connectivity index (χ1n) is 11.2. The number of thioether (sulfide) groups is 1. The summed E-state index contributed by atoms with van der Waals surface area (Å²) in [6, 6.07) is 6.47. The molecule has 0 radical (unpaired) electrons. The van der Waals surface area contributed by atoms with Crippen LogP contribution < -0.4 is 4.74 Å². The maximum Gasteiger partial charge on any atom is 0.213 e. The molecule has 1 aliphatic heterocycles. The van der Waals surface area contributed by atoms with Crippen LogP contribution in [0, 0.1) is 6.92 Å². The minimum atomic E-state index is 0.152. The first-order chi connectivity index (χ1) is 15.3. The van der Waals surface area contributed by atoms with Gasteiger partial charge in [-0.2, -0.15) is 11.8 Å². The van der Waals surface area contributed by atoms with Crippen LogP contribution in [0.3, 0.4) is 0 Å². The normalized spacial score (nSPS) is 20.0. The van der Waals surface area contributed by atoms with Crippen LogP contribution in [-0.4, -0.2) is 77.9 Å². The molecule has 0 bridgehead atoms. The number of methoxy groups -OCH3 is 1. The molecule has 0 amide bonds. The van der Waals surface area contributed by atoms with E-state index in [0.717, 1.165) is 62.1 Å². The number of aryl methyl sites for hydroxylation is 1. The highest BCUT2D eigenvalue weighted by Crippen LogP contribution is 2.40. The highest BCUT2D eigenvalue weighted by molar-refractivity contribution is 8.00. The number of hydrogen-bond acceptors (Lipinski definition) is 7. The molecule has 0 N–H and O–H groups in total. The third kappa shape index (κ3) is 5.88. The molecular weight excluding hydrogens is 420 g/mol. The molecule has 174 valence electrons. The van der Waals surface area contributed by atoms with Crippen LogP contribution in [0.15, 0.2) is 24.4 Å². The number of ether oxygens (including phenoxy) is 1. The maximum absolute atomic E-state index is 11.7. The molecule has 3 heterocycles. The Morgan fingerprint density at radius 1 is 1.34 bits per heavy atom. The second-order valence-electron chi connectivity index (χ2n) is 9.10. The Hall–Kier alpha value is -1.96. The predicted octanol–water partition coefficient (Wildman–Crippen LogP) is 3.82. The number of likely N-dealkylation sites (N-methyl/N-ethyl adjacent to an activating group) is 1. The Balaban J connectivity index is 1.74. The lowest BCUT2D eigenvalue weighted by Crippen LogP contribution is -2.33. The molecule has 1 aliphatic rings. The van der Waals surface area contributed by atoms with Gasteiger partial charge in [-0.3, -0.25) is 14.7 Å². The number of rotatable bonds is 10. The van der Waals surface area contributed by atoms with Crippen LogP contribution in [0.4, 0.5) is 0 Å². The van der Waals surface area contributed by atoms with Gasteiger partial charge in [-0.25, -0.2) is 4.98 Å². The Kier molecular flexibility index (Phi) is 8.31. The van der Waals surface area contributed by atoms with Crippen LogP contribution >= 0.6 is 11.8 Å². The Morgan fingerprint density at radius 2 is 2.12 bits per heavy atom. The monoisotopic (exact) mass is 456 g/mol. The molecule has 1 fully saturated rings. The van der Waals surface area contributed by atoms with Gasteiger partial charge in [-0.1, -0.05) is 0 Å². The lowest BCUT2D eigenvalue weighted by molar-refractivity contribution is 0.112. The minimum Gasteiger partial charge on any atom is -0.481 e. The number of likely N-dealkylation sites (tertiary alicyclic amines) is 1. The fourth-order valence-electron chi connectivity index (χ4n) is 4.48. The lowest BCUT2D eigenvalue weighted by atomic mass is 9.97. The molecule has 2 aromatic heterocycles. The molecule has 0 spiro atoms. The van der Waals surface area contributed by atoms with E-state index in [2.05, 4.69) is 45.1 Å². The number of carbonyl (C=O) groups is 1. The lowest BCUT2D eigenvalue weighted by Gasteiger charge is -2.30. The van der Waals surface area contributed by atoms with E-state index in [0.29, 0.717) is 11.4 Å². The molecule has 0 aromatic carbocycles. The van der Waals surface area contributed by atoms with Gasteiger partial charge in [0.15, 0.2) is 6.29 Å². The predicted molar refractivity (Wildman–Crippen MR) is 132 cm³/mol. The zero-order valence-corrected chi connectivity index (χ0v) is 21.0. The Labute approximate surface area is 196 Å². The van der Waals surface area contributed by atoms with E-state index >= 15 is 0 Å². The Bertz CT molecular complexity index is 936. The molecule has 2 aromatic rings. The molecule has 32 heavy (non-hydrogen) atoms. The van der Waals surface area contributed by atoms with Gasteiger partial charge in [-0.05, 0) is 70.3 Å². The third-order valence-corrected chi connectivity index (χ3v) is 7.83. The summed E-state index contributed by atoms with van der Waals surface area (Å²) < 4.78 is 5.53. The van der Waals surface area contributed by atoms with Gasteiger partial charge < -0.3 is 9.64 Å². The maximum atomic E-state index is 11.7. The van der Waals surface area contributed by atoms with E-state index in [4.69, 9.17) is 4.74 Å². The standard InChI is InChI=1S/C25H36N4O2S/c1-18-11-20(12-24(27-18)31-5)14-25(32-6)8-10-29(17-25)19(2)21-13-22(16-30)23(26-15-21)7-9-28(3)4/h11-13,15-16,19H,7-10,14,17H2,1-6H3/t19?,25-/m0/s1. The average molecular weight is 457 g/mol. The molecule has 3 rings (SSSR count). The third-order valence-electron chi connectivity index (χ3n) is 6.48. The summed E-state index contributed by atoms with van der Waals surface area (Å²) in [5.41, 5.74) is 4.96. The van der Waals surface area contributed by atoms with Crippen molar-refractivity contribution in [3.8, 4) is 5.88 Å². The van der Waals surface area contributed by atoms with E-state index in [1.807, 2.05) is 45.0 Å². The number of carbonyl (C=O) groups excluding carboxylic acids is 1. The van der Waals surface area contributed by atoms with Crippen LogP contribution in [0.25, 0.3) is 0 Å². The van der Waals surface area contributed by atoms with Crippen molar-refractivity contribution < 1.29 is 9.53 Å². The van der Waals surface area contributed by atoms with Crippen molar-refractivity contribution in [3.63, 3.8) is 0 Å². The highest BCUT2D eigenvalue weighted by atomic mass is 32.2. The van der Waals surface area contributed by atoms with Crippen molar-refractivity contribution in [2.45, 2.75) is 43.9 Å². The van der Waals surface area contributed by atoms with Crippen molar-refractivity contribution in [1.82, 2.24) is 19.8 Å². The first-order valence-corrected chi connectivity index (χ1v) is 12.4. The summed E-state index contributed by atoms with van der Waals surface area (Å²) in [7, 11) is 5.74. The summed E-state index contributed by atoms with van der Waals surface area (Å²) >= 11 is 1.95. The van der Waals surface area contributed by atoms with E-state index in [9.17, 15) is 4.79 Å². The van der Waals surface area contributed by atoms with Gasteiger partial charge in [0.05, 0.1) is 12.8 Å². The molecule has 1 saturated heterocycles. The molecule has 6 nitrogen and oxygen atoms in total. The van der Waals surface area contributed by atoms with E-state index in [1.165, 1.54) is 5.56 Å². The zero-order valence-electron chi connectivity index (χ0n) is 20.2. The quantitative estimate of drug-likeness (QED) is 0.504. The van der Waals surface area contributed by atoms with Crippen LogP contribution in [0.1, 0.15) is 52.3 Å². The summed E-state index contributed by atoms with van der Waals surface area (Å²) in [6.45, 7) is 7.14. The summed E-state index contributed by atoms with van der Waals surface area (Å²) in [5.74, 6) is 0.682. The zero-order chi connectivity index (χ0) is 23.3. The molecule has 1 unspecified atom stereocenters. The number of pyridine rings is 2. The van der Waals surface area contributed by atoms with Crippen molar-refractivity contribution in [3.05, 3.63) is 52.5 Å². The van der Waals surface area contributed by atoms with Gasteiger partial charge in [0.1, 0.15) is 0 Å². The van der Waals surface area contributed by atoms with Crippen molar-refractivity contribution >= 4 is 18.0 Å². The van der Waals surface area contributed by atoms with Crippen molar-refractivity contribution in [2.24, 2.45) is 0 Å². The van der Waals surface area contributed by atoms with Gasteiger partial charge in [0, 0.05) is 60.4 Å². The van der Waals surface area contributed by atoms with E-state index in [-0.39, 0.29) is 10.8 Å². The molecule has 0 aliphatic carbocycles. The molecular formula is C25H36N4O2S. The van der Waals surface area contributed by atoms with Crippen LogP contribution in [-0.2, 0) is 12.8 Å². The van der Waals surface area contributed by atoms with Gasteiger partial charge in [-0.15, -0.1) is 0 Å². The fraction of sp³-hybridized carbons (Fsp3) is 0.560. The first kappa shape index (κ1) is 24.7. The molecule has 0 saturated carbocycles. The molecule has 2 atom stereocenters. The Morgan fingerprint density at radius 3 is 2.78 bits per heavy atom. The number of aromatic nitrogens is 2.